The highest BCUT2D eigenvalue weighted by Crippen LogP contribution is 2.44. The molecule has 0 saturated heterocycles. The minimum absolute atomic E-state index is 0.0157. The lowest BCUT2D eigenvalue weighted by molar-refractivity contribution is -0.295. The maximum absolute atomic E-state index is 13.8. The average Bonchev–Trinajstić information content (AvgIpc) is 3.06. The first kappa shape index (κ1) is 23.8. The lowest BCUT2D eigenvalue weighted by atomic mass is 10.1. The predicted octanol–water partition coefficient (Wildman–Crippen LogP) is 5.89. The normalized spacial score (nSPS) is 12.8. The fraction of sp³-hybridized carbons (Fsp3) is 0.333. The lowest BCUT2D eigenvalue weighted by Gasteiger charge is -2.38. The first-order valence-electron chi connectivity index (χ1n) is 9.47. The minimum atomic E-state index is -5.89. The summed E-state index contributed by atoms with van der Waals surface area (Å²) >= 11 is 0.643. The van der Waals surface area contributed by atoms with Gasteiger partial charge < -0.3 is 10.6 Å². The van der Waals surface area contributed by atoms with E-state index in [1.54, 1.807) is 56.3 Å². The van der Waals surface area contributed by atoms with E-state index in [-0.39, 0.29) is 11.9 Å². The summed E-state index contributed by atoms with van der Waals surface area (Å²) in [6, 6.07) is 11.5. The molecule has 0 atom stereocenters. The van der Waals surface area contributed by atoms with Crippen LogP contribution < -0.4 is 10.6 Å². The molecule has 1 amide bonds. The second-order valence-corrected chi connectivity index (χ2v) is 8.36. The van der Waals surface area contributed by atoms with Crippen LogP contribution >= 0.6 is 11.3 Å². The second-order valence-electron chi connectivity index (χ2n) is 7.33. The molecule has 0 unspecified atom stereocenters. The van der Waals surface area contributed by atoms with E-state index in [0.717, 1.165) is 16.4 Å². The van der Waals surface area contributed by atoms with Crippen molar-refractivity contribution in [3.05, 3.63) is 59.2 Å². The molecule has 2 aromatic carbocycles. The van der Waals surface area contributed by atoms with Gasteiger partial charge in [-0.15, -0.1) is 0 Å². The van der Waals surface area contributed by atoms with Gasteiger partial charge in [0.2, 0.25) is 5.91 Å². The second kappa shape index (κ2) is 8.61. The van der Waals surface area contributed by atoms with Crippen LogP contribution in [0.3, 0.4) is 0 Å². The SMILES string of the molecule is Cc1cc2nc(NC(NC(=O)CCc3ccccc3)(C(F)(F)F)C(F)(F)F)sc2cc1C. The Bertz CT molecular complexity index is 1060. The van der Waals surface area contributed by atoms with E-state index in [0.29, 0.717) is 21.6 Å². The molecule has 172 valence electrons. The van der Waals surface area contributed by atoms with Crippen LogP contribution in [-0.4, -0.2) is 28.9 Å². The molecule has 1 heterocycles. The number of amides is 1. The van der Waals surface area contributed by atoms with Gasteiger partial charge in [0.15, 0.2) is 5.13 Å². The molecule has 0 aliphatic rings. The summed E-state index contributed by atoms with van der Waals surface area (Å²) in [7, 11) is 0. The van der Waals surface area contributed by atoms with Crippen molar-refractivity contribution in [3.63, 3.8) is 0 Å². The van der Waals surface area contributed by atoms with Gasteiger partial charge in [-0.3, -0.25) is 4.79 Å². The Balaban J connectivity index is 1.93. The van der Waals surface area contributed by atoms with Gasteiger partial charge in [0.05, 0.1) is 10.2 Å². The third-order valence-electron chi connectivity index (χ3n) is 4.96. The number of alkyl halides is 6. The van der Waals surface area contributed by atoms with Crippen LogP contribution in [0.2, 0.25) is 0 Å². The highest BCUT2D eigenvalue weighted by Gasteiger charge is 2.73. The Morgan fingerprint density at radius 2 is 1.56 bits per heavy atom. The number of hydrogen-bond acceptors (Lipinski definition) is 4. The Morgan fingerprint density at radius 1 is 0.969 bits per heavy atom. The van der Waals surface area contributed by atoms with E-state index in [1.807, 2.05) is 0 Å². The zero-order valence-electron chi connectivity index (χ0n) is 17.0. The van der Waals surface area contributed by atoms with Crippen molar-refractivity contribution < 1.29 is 31.1 Å². The van der Waals surface area contributed by atoms with Crippen LogP contribution in [-0.2, 0) is 11.2 Å². The summed E-state index contributed by atoms with van der Waals surface area (Å²) in [5.74, 6) is -1.40. The molecule has 0 bridgehead atoms. The number of rotatable bonds is 6. The number of hydrogen-bond donors (Lipinski definition) is 2. The summed E-state index contributed by atoms with van der Waals surface area (Å²) in [6.07, 6.45) is -12.4. The Kier molecular flexibility index (Phi) is 6.41. The lowest BCUT2D eigenvalue weighted by Crippen LogP contribution is -2.72. The molecule has 0 radical (unpaired) electrons. The molecule has 0 aliphatic carbocycles. The molecular formula is C21H19F6N3OS. The first-order chi connectivity index (χ1) is 14.8. The summed E-state index contributed by atoms with van der Waals surface area (Å²) in [6.45, 7) is 3.52. The third-order valence-corrected chi connectivity index (χ3v) is 5.89. The molecule has 0 saturated carbocycles. The number of fused-ring (bicyclic) bond motifs is 1. The van der Waals surface area contributed by atoms with Crippen LogP contribution in [0.5, 0.6) is 0 Å². The van der Waals surface area contributed by atoms with Crippen molar-refractivity contribution in [1.82, 2.24) is 10.3 Å². The Labute approximate surface area is 183 Å². The molecule has 32 heavy (non-hydrogen) atoms. The number of anilines is 1. The number of aromatic nitrogens is 1. The van der Waals surface area contributed by atoms with Crippen molar-refractivity contribution in [2.24, 2.45) is 0 Å². The fourth-order valence-corrected chi connectivity index (χ4v) is 4.04. The van der Waals surface area contributed by atoms with E-state index in [1.165, 1.54) is 5.32 Å². The number of aryl methyl sites for hydroxylation is 3. The van der Waals surface area contributed by atoms with Gasteiger partial charge in [-0.2, -0.15) is 26.3 Å². The largest absolute Gasteiger partial charge is 0.439 e. The number of carbonyl (C=O) groups is 1. The molecule has 2 N–H and O–H groups in total. The van der Waals surface area contributed by atoms with Gasteiger partial charge in [0, 0.05) is 6.42 Å². The van der Waals surface area contributed by atoms with Crippen molar-refractivity contribution in [3.8, 4) is 0 Å². The Hall–Kier alpha value is -2.82. The highest BCUT2D eigenvalue weighted by molar-refractivity contribution is 7.22. The van der Waals surface area contributed by atoms with Crippen molar-refractivity contribution >= 4 is 32.6 Å². The third kappa shape index (κ3) is 4.82. The number of halogens is 6. The standard InChI is InChI=1S/C21H19F6N3OS/c1-12-10-15-16(11-13(12)2)32-18(28-15)30-19(20(22,23)24,21(25,26)27)29-17(31)9-8-14-6-4-3-5-7-14/h3-7,10-11H,8-9H2,1-2H3,(H,28,30)(H,29,31). The monoisotopic (exact) mass is 475 g/mol. The smallest absolute Gasteiger partial charge is 0.324 e. The maximum atomic E-state index is 13.8. The molecular weight excluding hydrogens is 456 g/mol. The van der Waals surface area contributed by atoms with Crippen LogP contribution in [0.25, 0.3) is 10.2 Å². The number of carbonyl (C=O) groups excluding carboxylic acids is 1. The molecule has 3 aromatic rings. The van der Waals surface area contributed by atoms with Gasteiger partial charge in [-0.1, -0.05) is 41.7 Å². The highest BCUT2D eigenvalue weighted by atomic mass is 32.1. The topological polar surface area (TPSA) is 54.0 Å². The van der Waals surface area contributed by atoms with E-state index in [9.17, 15) is 31.1 Å². The van der Waals surface area contributed by atoms with E-state index >= 15 is 0 Å². The minimum Gasteiger partial charge on any atom is -0.324 e. The maximum Gasteiger partial charge on any atom is 0.439 e. The van der Waals surface area contributed by atoms with Crippen molar-refractivity contribution in [2.75, 3.05) is 5.32 Å². The molecule has 0 aliphatic heterocycles. The number of nitrogens with zero attached hydrogens (tertiary/aromatic N) is 1. The zero-order chi connectivity index (χ0) is 23.7. The van der Waals surface area contributed by atoms with Crippen LogP contribution in [0.4, 0.5) is 31.5 Å². The van der Waals surface area contributed by atoms with Gasteiger partial charge in [0.25, 0.3) is 0 Å². The fourth-order valence-electron chi connectivity index (χ4n) is 3.04. The summed E-state index contributed by atoms with van der Waals surface area (Å²) in [5.41, 5.74) is -2.21. The molecule has 4 nitrogen and oxygen atoms in total. The van der Waals surface area contributed by atoms with Crippen molar-refractivity contribution in [1.29, 1.82) is 0 Å². The first-order valence-corrected chi connectivity index (χ1v) is 10.3. The molecule has 1 aromatic heterocycles. The average molecular weight is 475 g/mol. The predicted molar refractivity (Wildman–Crippen MR) is 110 cm³/mol. The quantitative estimate of drug-likeness (QED) is 0.345. The van der Waals surface area contributed by atoms with Crippen LogP contribution in [0.1, 0.15) is 23.1 Å². The van der Waals surface area contributed by atoms with E-state index < -0.39 is 35.5 Å². The van der Waals surface area contributed by atoms with Crippen LogP contribution in [0.15, 0.2) is 42.5 Å². The summed E-state index contributed by atoms with van der Waals surface area (Å²) < 4.78 is 83.5. The van der Waals surface area contributed by atoms with E-state index in [4.69, 9.17) is 0 Å². The summed E-state index contributed by atoms with van der Waals surface area (Å²) in [4.78, 5) is 16.1. The summed E-state index contributed by atoms with van der Waals surface area (Å²) in [5, 5.41) is 2.01. The molecule has 11 heteroatoms. The van der Waals surface area contributed by atoms with Gasteiger partial charge in [0.1, 0.15) is 0 Å². The van der Waals surface area contributed by atoms with Gasteiger partial charge in [-0.05, 0) is 49.1 Å². The number of thiazole rings is 1. The molecule has 3 rings (SSSR count). The molecule has 0 fully saturated rings. The van der Waals surface area contributed by atoms with E-state index in [2.05, 4.69) is 4.98 Å². The number of nitrogens with one attached hydrogen (secondary N) is 2. The zero-order valence-corrected chi connectivity index (χ0v) is 17.8. The van der Waals surface area contributed by atoms with Gasteiger partial charge >= 0.3 is 18.0 Å². The van der Waals surface area contributed by atoms with Gasteiger partial charge in [-0.25, -0.2) is 4.98 Å². The Morgan fingerprint density at radius 3 is 2.16 bits per heavy atom. The van der Waals surface area contributed by atoms with Crippen LogP contribution in [0, 0.1) is 13.8 Å². The van der Waals surface area contributed by atoms with Crippen molar-refractivity contribution in [2.45, 2.75) is 44.7 Å². The number of benzene rings is 2. The molecule has 0 spiro atoms.